The van der Waals surface area contributed by atoms with Gasteiger partial charge in [0.25, 0.3) is 0 Å². The van der Waals surface area contributed by atoms with Crippen molar-refractivity contribution in [3.05, 3.63) is 0 Å². The molecule has 0 spiro atoms. The lowest BCUT2D eigenvalue weighted by atomic mass is 9.85. The number of morpholine rings is 1. The monoisotopic (exact) mass is 284 g/mol. The summed E-state index contributed by atoms with van der Waals surface area (Å²) in [5.74, 6) is 0.622. The van der Waals surface area contributed by atoms with Crippen LogP contribution in [-0.2, 0) is 4.74 Å². The summed E-state index contributed by atoms with van der Waals surface area (Å²) >= 11 is 0. The summed E-state index contributed by atoms with van der Waals surface area (Å²) in [6, 6.07) is 0. The second kappa shape index (κ2) is 7.74. The first kappa shape index (κ1) is 16.2. The molecule has 0 aromatic heterocycles. The van der Waals surface area contributed by atoms with E-state index in [1.807, 2.05) is 0 Å². The van der Waals surface area contributed by atoms with Gasteiger partial charge in [-0.15, -0.1) is 0 Å². The molecule has 0 aromatic rings. The van der Waals surface area contributed by atoms with Crippen molar-refractivity contribution in [2.24, 2.45) is 5.92 Å². The lowest BCUT2D eigenvalue weighted by Crippen LogP contribution is -2.52. The van der Waals surface area contributed by atoms with E-state index in [2.05, 4.69) is 24.1 Å². The van der Waals surface area contributed by atoms with Crippen LogP contribution in [0.2, 0.25) is 0 Å². The van der Waals surface area contributed by atoms with Crippen LogP contribution in [0.3, 0.4) is 0 Å². The van der Waals surface area contributed by atoms with Gasteiger partial charge in [0.15, 0.2) is 0 Å². The molecule has 3 atom stereocenters. The maximum Gasteiger partial charge on any atom is 0.0674 e. The molecule has 2 aliphatic rings. The number of ether oxygens (including phenoxy) is 1. The second-order valence-corrected chi connectivity index (χ2v) is 6.60. The smallest absolute Gasteiger partial charge is 0.0674 e. The molecule has 2 N–H and O–H groups in total. The predicted octanol–water partition coefficient (Wildman–Crippen LogP) is 1.63. The third-order valence-corrected chi connectivity index (χ3v) is 5.09. The Morgan fingerprint density at radius 1 is 1.45 bits per heavy atom. The first-order valence-electron chi connectivity index (χ1n) is 8.40. The number of aliphatic hydroxyl groups excluding tert-OH is 1. The van der Waals surface area contributed by atoms with E-state index in [1.165, 1.54) is 19.3 Å². The third-order valence-electron chi connectivity index (χ3n) is 5.09. The summed E-state index contributed by atoms with van der Waals surface area (Å²) in [6.07, 6.45) is 6.35. The molecule has 1 heterocycles. The molecule has 0 aromatic carbocycles. The minimum Gasteiger partial charge on any atom is -0.394 e. The highest BCUT2D eigenvalue weighted by atomic mass is 16.5. The van der Waals surface area contributed by atoms with Crippen molar-refractivity contribution in [2.45, 2.75) is 57.6 Å². The van der Waals surface area contributed by atoms with E-state index in [4.69, 9.17) is 4.74 Å². The third kappa shape index (κ3) is 3.94. The van der Waals surface area contributed by atoms with E-state index in [1.54, 1.807) is 0 Å². The average Bonchev–Trinajstić information content (AvgIpc) is 2.86. The van der Waals surface area contributed by atoms with Gasteiger partial charge in [-0.2, -0.15) is 0 Å². The van der Waals surface area contributed by atoms with Crippen LogP contribution in [-0.4, -0.2) is 61.0 Å². The first-order valence-corrected chi connectivity index (χ1v) is 8.40. The van der Waals surface area contributed by atoms with Crippen molar-refractivity contribution >= 4 is 0 Å². The molecule has 1 saturated heterocycles. The van der Waals surface area contributed by atoms with Gasteiger partial charge < -0.3 is 15.2 Å². The molecular weight excluding hydrogens is 252 g/mol. The molecule has 2 fully saturated rings. The summed E-state index contributed by atoms with van der Waals surface area (Å²) in [4.78, 5) is 2.52. The summed E-state index contributed by atoms with van der Waals surface area (Å²) in [7, 11) is 0. The molecule has 1 saturated carbocycles. The fourth-order valence-electron chi connectivity index (χ4n) is 3.87. The normalized spacial score (nSPS) is 35.5. The molecule has 118 valence electrons. The lowest BCUT2D eigenvalue weighted by Gasteiger charge is -2.37. The number of aliphatic hydroxyl groups is 1. The number of hydrogen-bond donors (Lipinski definition) is 2. The van der Waals surface area contributed by atoms with Crippen molar-refractivity contribution < 1.29 is 9.84 Å². The zero-order valence-corrected chi connectivity index (χ0v) is 13.2. The summed E-state index contributed by atoms with van der Waals surface area (Å²) in [5.41, 5.74) is -0.00604. The van der Waals surface area contributed by atoms with E-state index in [-0.39, 0.29) is 12.1 Å². The van der Waals surface area contributed by atoms with Crippen molar-refractivity contribution in [1.29, 1.82) is 0 Å². The van der Waals surface area contributed by atoms with Crippen LogP contribution in [0.15, 0.2) is 0 Å². The maximum absolute atomic E-state index is 9.90. The number of nitrogens with one attached hydrogen (secondary N) is 1. The van der Waals surface area contributed by atoms with Crippen LogP contribution in [0.5, 0.6) is 0 Å². The van der Waals surface area contributed by atoms with Gasteiger partial charge in [0.2, 0.25) is 0 Å². The molecule has 4 heteroatoms. The van der Waals surface area contributed by atoms with Gasteiger partial charge in [-0.1, -0.05) is 13.3 Å². The quantitative estimate of drug-likeness (QED) is 0.746. The van der Waals surface area contributed by atoms with E-state index >= 15 is 0 Å². The van der Waals surface area contributed by atoms with E-state index < -0.39 is 0 Å². The molecule has 2 rings (SSSR count). The van der Waals surface area contributed by atoms with Crippen LogP contribution in [0, 0.1) is 5.92 Å². The van der Waals surface area contributed by atoms with E-state index in [9.17, 15) is 5.11 Å². The standard InChI is InChI=1S/C16H32N2O2/c1-3-8-17-16(13-19)7-4-5-15(16)6-9-18-10-11-20-14(2)12-18/h14-15,17,19H,3-13H2,1-2H3. The van der Waals surface area contributed by atoms with Crippen molar-refractivity contribution in [2.75, 3.05) is 39.4 Å². The predicted molar refractivity (Wildman–Crippen MR) is 81.9 cm³/mol. The van der Waals surface area contributed by atoms with Crippen LogP contribution in [0.1, 0.15) is 46.0 Å². The topological polar surface area (TPSA) is 44.7 Å². The van der Waals surface area contributed by atoms with Gasteiger partial charge in [-0.05, 0) is 51.6 Å². The summed E-state index contributed by atoms with van der Waals surface area (Å²) in [6.45, 7) is 9.79. The Hall–Kier alpha value is -0.160. The SMILES string of the molecule is CCCNC1(CO)CCCC1CCN1CCOC(C)C1. The molecule has 1 aliphatic heterocycles. The average molecular weight is 284 g/mol. The molecule has 20 heavy (non-hydrogen) atoms. The summed E-state index contributed by atoms with van der Waals surface area (Å²) < 4.78 is 5.60. The van der Waals surface area contributed by atoms with Gasteiger partial charge in [0.1, 0.15) is 0 Å². The number of hydrogen-bond acceptors (Lipinski definition) is 4. The lowest BCUT2D eigenvalue weighted by molar-refractivity contribution is -0.0213. The fourth-order valence-corrected chi connectivity index (χ4v) is 3.87. The molecule has 3 unspecified atom stereocenters. The van der Waals surface area contributed by atoms with Gasteiger partial charge in [-0.25, -0.2) is 0 Å². The Morgan fingerprint density at radius 2 is 2.30 bits per heavy atom. The van der Waals surface area contributed by atoms with Crippen molar-refractivity contribution in [3.8, 4) is 0 Å². The maximum atomic E-state index is 9.90. The van der Waals surface area contributed by atoms with Crippen LogP contribution in [0.4, 0.5) is 0 Å². The van der Waals surface area contributed by atoms with Gasteiger partial charge in [0.05, 0.1) is 19.3 Å². The zero-order valence-electron chi connectivity index (χ0n) is 13.2. The van der Waals surface area contributed by atoms with E-state index in [0.717, 1.165) is 45.6 Å². The first-order chi connectivity index (χ1) is 9.70. The summed E-state index contributed by atoms with van der Waals surface area (Å²) in [5, 5.41) is 13.5. The Morgan fingerprint density at radius 3 is 3.00 bits per heavy atom. The van der Waals surface area contributed by atoms with Gasteiger partial charge in [0, 0.05) is 18.6 Å². The molecule has 1 aliphatic carbocycles. The Labute approximate surface area is 123 Å². The molecular formula is C16H32N2O2. The molecule has 0 amide bonds. The van der Waals surface area contributed by atoms with Gasteiger partial charge >= 0.3 is 0 Å². The highest BCUT2D eigenvalue weighted by molar-refractivity contribution is 4.99. The Balaban J connectivity index is 1.83. The van der Waals surface area contributed by atoms with Crippen LogP contribution >= 0.6 is 0 Å². The van der Waals surface area contributed by atoms with Crippen LogP contribution in [0.25, 0.3) is 0 Å². The minimum absolute atomic E-state index is 0.00604. The number of rotatable bonds is 7. The van der Waals surface area contributed by atoms with Gasteiger partial charge in [-0.3, -0.25) is 4.90 Å². The van der Waals surface area contributed by atoms with Crippen molar-refractivity contribution in [3.63, 3.8) is 0 Å². The minimum atomic E-state index is -0.00604. The molecule has 4 nitrogen and oxygen atoms in total. The van der Waals surface area contributed by atoms with E-state index in [0.29, 0.717) is 12.0 Å². The molecule has 0 bridgehead atoms. The zero-order chi connectivity index (χ0) is 14.4. The highest BCUT2D eigenvalue weighted by Gasteiger charge is 2.41. The van der Waals surface area contributed by atoms with Crippen LogP contribution < -0.4 is 5.32 Å². The largest absolute Gasteiger partial charge is 0.394 e. The fraction of sp³-hybridized carbons (Fsp3) is 1.00. The Bertz CT molecular complexity index is 288. The number of nitrogens with zero attached hydrogens (tertiary/aromatic N) is 1. The second-order valence-electron chi connectivity index (χ2n) is 6.60. The Kier molecular flexibility index (Phi) is 6.27. The van der Waals surface area contributed by atoms with Crippen molar-refractivity contribution in [1.82, 2.24) is 10.2 Å². The molecule has 0 radical (unpaired) electrons. The highest BCUT2D eigenvalue weighted by Crippen LogP contribution is 2.37.